The Balaban J connectivity index is 4.11. The molecule has 0 fully saturated rings. The Morgan fingerprint density at radius 1 is 0.923 bits per heavy atom. The molecule has 0 saturated carbocycles. The van der Waals surface area contributed by atoms with Gasteiger partial charge in [-0.1, -0.05) is 20.8 Å². The summed E-state index contributed by atoms with van der Waals surface area (Å²) in [6.07, 6.45) is 4.35. The van der Waals surface area contributed by atoms with E-state index in [2.05, 4.69) is 44.7 Å². The first-order chi connectivity index (χ1) is 6.17. The van der Waals surface area contributed by atoms with E-state index in [4.69, 9.17) is 0 Å². The van der Waals surface area contributed by atoms with Crippen molar-refractivity contribution in [1.82, 2.24) is 9.80 Å². The highest BCUT2D eigenvalue weighted by Gasteiger charge is 2.16. The van der Waals surface area contributed by atoms with Gasteiger partial charge in [0.25, 0.3) is 0 Å². The molecule has 2 nitrogen and oxygen atoms in total. The fourth-order valence-electron chi connectivity index (χ4n) is 1.93. The monoisotopic (exact) mass is 186 g/mol. The van der Waals surface area contributed by atoms with Crippen LogP contribution in [0, 0.1) is 0 Å². The fourth-order valence-corrected chi connectivity index (χ4v) is 1.93. The Hall–Kier alpha value is -0.0800. The van der Waals surface area contributed by atoms with Gasteiger partial charge in [0.05, 0.1) is 6.17 Å². The molecule has 0 heterocycles. The van der Waals surface area contributed by atoms with Crippen LogP contribution in [0.4, 0.5) is 0 Å². The zero-order valence-corrected chi connectivity index (χ0v) is 10.0. The predicted octanol–water partition coefficient (Wildman–Crippen LogP) is 2.41. The molecule has 13 heavy (non-hydrogen) atoms. The first-order valence-corrected chi connectivity index (χ1v) is 5.57. The van der Waals surface area contributed by atoms with E-state index in [0.29, 0.717) is 6.17 Å². The highest BCUT2D eigenvalue weighted by atomic mass is 15.3. The van der Waals surface area contributed by atoms with Crippen LogP contribution in [0.15, 0.2) is 0 Å². The van der Waals surface area contributed by atoms with Gasteiger partial charge in [-0.25, -0.2) is 0 Å². The number of hydrogen-bond acceptors (Lipinski definition) is 2. The number of nitrogens with zero attached hydrogens (tertiary/aromatic N) is 2. The topological polar surface area (TPSA) is 6.48 Å². The van der Waals surface area contributed by atoms with E-state index < -0.39 is 0 Å². The van der Waals surface area contributed by atoms with Crippen LogP contribution in [0.25, 0.3) is 0 Å². The summed E-state index contributed by atoms with van der Waals surface area (Å²) in [6.45, 7) is 9.23. The van der Waals surface area contributed by atoms with Gasteiger partial charge in [0, 0.05) is 0 Å². The summed E-state index contributed by atoms with van der Waals surface area (Å²) in [6, 6.07) is 0. The molecule has 0 radical (unpaired) electrons. The Bertz CT molecular complexity index is 107. The molecule has 0 rings (SSSR count). The molecule has 0 spiro atoms. The SMILES string of the molecule is CCCN(CCC)C(CC)N(C)C. The minimum absolute atomic E-state index is 0.625. The van der Waals surface area contributed by atoms with Gasteiger partial charge in [0.2, 0.25) is 0 Å². The second-order valence-electron chi connectivity index (χ2n) is 3.89. The lowest BCUT2D eigenvalue weighted by Gasteiger charge is -2.35. The van der Waals surface area contributed by atoms with E-state index in [0.717, 1.165) is 0 Å². The lowest BCUT2D eigenvalue weighted by Crippen LogP contribution is -2.45. The summed E-state index contributed by atoms with van der Waals surface area (Å²) in [4.78, 5) is 4.91. The first-order valence-electron chi connectivity index (χ1n) is 5.57. The van der Waals surface area contributed by atoms with Gasteiger partial charge in [-0.05, 0) is 46.4 Å². The van der Waals surface area contributed by atoms with Crippen molar-refractivity contribution >= 4 is 0 Å². The third-order valence-corrected chi connectivity index (χ3v) is 2.40. The van der Waals surface area contributed by atoms with E-state index >= 15 is 0 Å². The van der Waals surface area contributed by atoms with Crippen molar-refractivity contribution in [2.75, 3.05) is 27.2 Å². The number of hydrogen-bond donors (Lipinski definition) is 0. The Morgan fingerprint density at radius 2 is 1.38 bits per heavy atom. The van der Waals surface area contributed by atoms with Gasteiger partial charge < -0.3 is 0 Å². The lowest BCUT2D eigenvalue weighted by molar-refractivity contribution is 0.0755. The van der Waals surface area contributed by atoms with Gasteiger partial charge in [0.15, 0.2) is 0 Å². The molecule has 0 aromatic carbocycles. The fraction of sp³-hybridized carbons (Fsp3) is 1.00. The van der Waals surface area contributed by atoms with Crippen molar-refractivity contribution < 1.29 is 0 Å². The summed E-state index contributed by atoms with van der Waals surface area (Å²) in [5, 5.41) is 0. The highest BCUT2D eigenvalue weighted by molar-refractivity contribution is 4.67. The van der Waals surface area contributed by atoms with Gasteiger partial charge in [-0.15, -0.1) is 0 Å². The van der Waals surface area contributed by atoms with Crippen molar-refractivity contribution in [1.29, 1.82) is 0 Å². The highest BCUT2D eigenvalue weighted by Crippen LogP contribution is 2.08. The standard InChI is InChI=1S/C11H26N2/c1-6-9-13(10-7-2)11(8-3)12(4)5/h11H,6-10H2,1-5H3. The average molecular weight is 186 g/mol. The third kappa shape index (κ3) is 4.63. The van der Waals surface area contributed by atoms with Crippen LogP contribution in [-0.2, 0) is 0 Å². The minimum Gasteiger partial charge on any atom is -0.294 e. The van der Waals surface area contributed by atoms with E-state index in [1.807, 2.05) is 0 Å². The molecule has 1 atom stereocenters. The Morgan fingerprint density at radius 3 is 1.62 bits per heavy atom. The maximum atomic E-state index is 2.58. The largest absolute Gasteiger partial charge is 0.294 e. The summed E-state index contributed by atoms with van der Waals surface area (Å²) in [5.41, 5.74) is 0. The molecule has 1 unspecified atom stereocenters. The normalized spacial score (nSPS) is 14.1. The lowest BCUT2D eigenvalue weighted by atomic mass is 10.2. The van der Waals surface area contributed by atoms with Crippen molar-refractivity contribution in [3.63, 3.8) is 0 Å². The molecule has 0 aliphatic rings. The smallest absolute Gasteiger partial charge is 0.0614 e. The van der Waals surface area contributed by atoms with Crippen LogP contribution in [0.1, 0.15) is 40.0 Å². The second-order valence-corrected chi connectivity index (χ2v) is 3.89. The molecular weight excluding hydrogens is 160 g/mol. The van der Waals surface area contributed by atoms with Crippen molar-refractivity contribution in [2.24, 2.45) is 0 Å². The molecule has 0 bridgehead atoms. The van der Waals surface area contributed by atoms with Crippen LogP contribution in [0.3, 0.4) is 0 Å². The minimum atomic E-state index is 0.625. The van der Waals surface area contributed by atoms with Gasteiger partial charge in [-0.2, -0.15) is 0 Å². The van der Waals surface area contributed by atoms with Crippen LogP contribution in [0.2, 0.25) is 0 Å². The van der Waals surface area contributed by atoms with Crippen LogP contribution in [0.5, 0.6) is 0 Å². The third-order valence-electron chi connectivity index (χ3n) is 2.40. The molecule has 80 valence electrons. The van der Waals surface area contributed by atoms with Gasteiger partial charge >= 0.3 is 0 Å². The van der Waals surface area contributed by atoms with Crippen LogP contribution < -0.4 is 0 Å². The van der Waals surface area contributed by atoms with Crippen molar-refractivity contribution in [2.45, 2.75) is 46.2 Å². The van der Waals surface area contributed by atoms with E-state index in [-0.39, 0.29) is 0 Å². The molecule has 0 aliphatic carbocycles. The van der Waals surface area contributed by atoms with Gasteiger partial charge in [0.1, 0.15) is 0 Å². The Labute approximate surface area is 83.9 Å². The second kappa shape index (κ2) is 7.34. The van der Waals surface area contributed by atoms with E-state index in [9.17, 15) is 0 Å². The molecule has 0 saturated heterocycles. The Kier molecular flexibility index (Phi) is 7.29. The maximum absolute atomic E-state index is 2.58. The molecular formula is C11H26N2. The van der Waals surface area contributed by atoms with Crippen LogP contribution in [-0.4, -0.2) is 43.2 Å². The quantitative estimate of drug-likeness (QED) is 0.563. The van der Waals surface area contributed by atoms with Gasteiger partial charge in [-0.3, -0.25) is 9.80 Å². The summed E-state index contributed by atoms with van der Waals surface area (Å²) in [5.74, 6) is 0. The van der Waals surface area contributed by atoms with E-state index in [1.165, 1.54) is 32.4 Å². The van der Waals surface area contributed by atoms with Crippen LogP contribution >= 0.6 is 0 Å². The van der Waals surface area contributed by atoms with Crippen molar-refractivity contribution in [3.05, 3.63) is 0 Å². The first kappa shape index (κ1) is 12.9. The van der Waals surface area contributed by atoms with E-state index in [1.54, 1.807) is 0 Å². The molecule has 2 heteroatoms. The zero-order chi connectivity index (χ0) is 10.3. The maximum Gasteiger partial charge on any atom is 0.0614 e. The number of rotatable bonds is 7. The molecule has 0 aromatic heterocycles. The molecule has 0 amide bonds. The molecule has 0 aromatic rings. The van der Waals surface area contributed by atoms with Crippen molar-refractivity contribution in [3.8, 4) is 0 Å². The summed E-state index contributed by atoms with van der Waals surface area (Å²) < 4.78 is 0. The molecule has 0 aliphatic heterocycles. The summed E-state index contributed by atoms with van der Waals surface area (Å²) in [7, 11) is 4.35. The zero-order valence-electron chi connectivity index (χ0n) is 10.0. The average Bonchev–Trinajstić information content (AvgIpc) is 2.05. The predicted molar refractivity (Wildman–Crippen MR) is 59.9 cm³/mol. The summed E-state index contributed by atoms with van der Waals surface area (Å²) >= 11 is 0. The molecule has 0 N–H and O–H groups in total.